The second-order valence-electron chi connectivity index (χ2n) is 10.7. The average molecular weight is 528 g/mol. The summed E-state index contributed by atoms with van der Waals surface area (Å²) in [5.41, 5.74) is 4.63. The number of H-pyrrole nitrogens is 1. The zero-order valence-electron chi connectivity index (χ0n) is 23.1. The lowest BCUT2D eigenvalue weighted by molar-refractivity contribution is 0.0263. The van der Waals surface area contributed by atoms with E-state index < -0.39 is 5.60 Å². The van der Waals surface area contributed by atoms with Crippen molar-refractivity contribution in [2.24, 2.45) is 5.92 Å². The van der Waals surface area contributed by atoms with Gasteiger partial charge in [0.05, 0.1) is 35.7 Å². The van der Waals surface area contributed by atoms with Gasteiger partial charge in [-0.15, -0.1) is 0 Å². The molecule has 0 bridgehead atoms. The highest BCUT2D eigenvalue weighted by atomic mass is 16.5. The Balaban J connectivity index is 1.49. The third kappa shape index (κ3) is 4.98. The van der Waals surface area contributed by atoms with Gasteiger partial charge in [0, 0.05) is 47.8 Å². The predicted octanol–water partition coefficient (Wildman–Crippen LogP) is 4.65. The van der Waals surface area contributed by atoms with Crippen LogP contribution in [0.4, 0.5) is 5.82 Å². The predicted molar refractivity (Wildman–Crippen MR) is 148 cm³/mol. The van der Waals surface area contributed by atoms with E-state index in [4.69, 9.17) is 9.47 Å². The number of rotatable bonds is 7. The van der Waals surface area contributed by atoms with Crippen LogP contribution in [0.3, 0.4) is 0 Å². The molecule has 0 aliphatic carbocycles. The van der Waals surface area contributed by atoms with Crippen LogP contribution in [0, 0.1) is 31.1 Å². The lowest BCUT2D eigenvalue weighted by Gasteiger charge is -2.26. The van der Waals surface area contributed by atoms with E-state index in [1.54, 1.807) is 19.5 Å². The Morgan fingerprint density at radius 2 is 2.00 bits per heavy atom. The van der Waals surface area contributed by atoms with E-state index in [-0.39, 0.29) is 12.0 Å². The number of fused-ring (bicyclic) bond motifs is 1. The SMILES string of the molecule is COc1cc2[nH]nc(-c3cnc(N4CC[C@@H](C(C)(C)O)C4)c(C#N)c3)c2cc1OC(C)c1c(C)cnnc1C. The highest BCUT2D eigenvalue weighted by Crippen LogP contribution is 2.39. The lowest BCUT2D eigenvalue weighted by atomic mass is 9.90. The molecule has 202 valence electrons. The van der Waals surface area contributed by atoms with Crippen molar-refractivity contribution in [1.29, 1.82) is 5.26 Å². The summed E-state index contributed by atoms with van der Waals surface area (Å²) in [6.45, 7) is 10.9. The fraction of sp³-hybridized carbons (Fsp3) is 0.414. The molecule has 2 atom stereocenters. The number of aryl methyl sites for hydroxylation is 2. The van der Waals surface area contributed by atoms with Crippen LogP contribution in [-0.2, 0) is 0 Å². The number of hydrogen-bond acceptors (Lipinski definition) is 9. The smallest absolute Gasteiger partial charge is 0.162 e. The minimum atomic E-state index is -0.779. The molecule has 0 radical (unpaired) electrons. The molecule has 0 amide bonds. The number of methoxy groups -OCH3 is 1. The number of aliphatic hydroxyl groups is 1. The highest BCUT2D eigenvalue weighted by Gasteiger charge is 2.35. The zero-order valence-corrected chi connectivity index (χ0v) is 23.1. The Bertz CT molecular complexity index is 1550. The van der Waals surface area contributed by atoms with Gasteiger partial charge in [0.1, 0.15) is 23.7 Å². The van der Waals surface area contributed by atoms with E-state index in [2.05, 4.69) is 36.3 Å². The molecule has 0 spiro atoms. The number of benzene rings is 1. The Morgan fingerprint density at radius 1 is 1.21 bits per heavy atom. The maximum absolute atomic E-state index is 10.4. The van der Waals surface area contributed by atoms with Crippen molar-refractivity contribution < 1.29 is 14.6 Å². The molecule has 1 fully saturated rings. The normalized spacial score (nSPS) is 16.4. The molecule has 4 aromatic rings. The average Bonchev–Trinajstić information content (AvgIpc) is 3.55. The van der Waals surface area contributed by atoms with Crippen LogP contribution in [0.5, 0.6) is 11.5 Å². The maximum Gasteiger partial charge on any atom is 0.162 e. The topological polar surface area (TPSA) is 133 Å². The number of hydrogen-bond donors (Lipinski definition) is 2. The van der Waals surface area contributed by atoms with Crippen LogP contribution in [0.2, 0.25) is 0 Å². The van der Waals surface area contributed by atoms with Gasteiger partial charge in [-0.3, -0.25) is 5.10 Å². The van der Waals surface area contributed by atoms with Crippen molar-refractivity contribution in [3.05, 3.63) is 53.0 Å². The Kier molecular flexibility index (Phi) is 6.87. The standard InChI is InChI=1S/C29H33N7O3/c1-16-13-32-33-17(2)26(16)18(3)39-25-10-22-23(11-24(25)38-6)34-35-27(22)20-9-19(12-30)28(31-14-20)36-8-7-21(15-36)29(4,5)37/h9-11,13-14,18,21,37H,7-8,15H2,1-6H3,(H,34,35)/t18?,21-/m1/s1. The number of pyridine rings is 1. The van der Waals surface area contributed by atoms with Gasteiger partial charge in [-0.1, -0.05) is 0 Å². The second-order valence-corrected chi connectivity index (χ2v) is 10.7. The first-order valence-electron chi connectivity index (χ1n) is 13.0. The van der Waals surface area contributed by atoms with Gasteiger partial charge in [0.2, 0.25) is 0 Å². The van der Waals surface area contributed by atoms with Gasteiger partial charge in [0.25, 0.3) is 0 Å². The van der Waals surface area contributed by atoms with E-state index in [0.29, 0.717) is 40.7 Å². The van der Waals surface area contributed by atoms with Crippen molar-refractivity contribution >= 4 is 16.7 Å². The first kappa shape index (κ1) is 26.4. The van der Waals surface area contributed by atoms with Crippen molar-refractivity contribution in [3.8, 4) is 28.8 Å². The van der Waals surface area contributed by atoms with E-state index in [9.17, 15) is 10.4 Å². The largest absolute Gasteiger partial charge is 0.493 e. The number of nitriles is 1. The lowest BCUT2D eigenvalue weighted by Crippen LogP contribution is -2.33. The maximum atomic E-state index is 10.4. The van der Waals surface area contributed by atoms with E-state index in [1.807, 2.05) is 52.8 Å². The minimum Gasteiger partial charge on any atom is -0.493 e. The third-order valence-electron chi connectivity index (χ3n) is 7.58. The van der Waals surface area contributed by atoms with Gasteiger partial charge < -0.3 is 19.5 Å². The number of aromatic nitrogens is 5. The molecule has 2 N–H and O–H groups in total. The van der Waals surface area contributed by atoms with Gasteiger partial charge in [-0.2, -0.15) is 20.6 Å². The van der Waals surface area contributed by atoms with Crippen LogP contribution >= 0.6 is 0 Å². The molecule has 10 heteroatoms. The fourth-order valence-electron chi connectivity index (χ4n) is 5.42. The molecule has 10 nitrogen and oxygen atoms in total. The van der Waals surface area contributed by atoms with Gasteiger partial charge in [-0.25, -0.2) is 4.98 Å². The molecular weight excluding hydrogens is 494 g/mol. The van der Waals surface area contributed by atoms with Crippen molar-refractivity contribution in [2.45, 2.75) is 52.7 Å². The van der Waals surface area contributed by atoms with Crippen LogP contribution < -0.4 is 14.4 Å². The number of ether oxygens (including phenoxy) is 2. The number of nitrogens with one attached hydrogen (secondary N) is 1. The summed E-state index contributed by atoms with van der Waals surface area (Å²) < 4.78 is 12.0. The van der Waals surface area contributed by atoms with Crippen LogP contribution in [0.25, 0.3) is 22.2 Å². The first-order chi connectivity index (χ1) is 18.6. The molecule has 1 unspecified atom stereocenters. The molecular formula is C29H33N7O3. The molecule has 5 rings (SSSR count). The Morgan fingerprint density at radius 3 is 2.67 bits per heavy atom. The molecule has 1 aromatic carbocycles. The molecule has 0 saturated carbocycles. The summed E-state index contributed by atoms with van der Waals surface area (Å²) in [4.78, 5) is 6.75. The van der Waals surface area contributed by atoms with Gasteiger partial charge in [-0.05, 0) is 58.7 Å². The van der Waals surface area contributed by atoms with Gasteiger partial charge in [0.15, 0.2) is 11.5 Å². The minimum absolute atomic E-state index is 0.118. The molecule has 3 aromatic heterocycles. The number of anilines is 1. The molecule has 1 aliphatic rings. The van der Waals surface area contributed by atoms with Crippen LogP contribution in [-0.4, -0.2) is 56.3 Å². The summed E-state index contributed by atoms with van der Waals surface area (Å²) in [6.07, 6.45) is 4.03. The number of nitrogens with zero attached hydrogens (tertiary/aromatic N) is 6. The van der Waals surface area contributed by atoms with Crippen molar-refractivity contribution in [3.63, 3.8) is 0 Å². The number of aromatic amines is 1. The molecule has 1 saturated heterocycles. The summed E-state index contributed by atoms with van der Waals surface area (Å²) in [5, 5.41) is 37.0. The first-order valence-corrected chi connectivity index (χ1v) is 13.0. The molecule has 1 aliphatic heterocycles. The van der Waals surface area contributed by atoms with Gasteiger partial charge >= 0.3 is 0 Å². The Hall–Kier alpha value is -4.23. The van der Waals surface area contributed by atoms with Crippen LogP contribution in [0.15, 0.2) is 30.6 Å². The Labute approximate surface area is 227 Å². The van der Waals surface area contributed by atoms with Crippen molar-refractivity contribution in [1.82, 2.24) is 25.4 Å². The summed E-state index contributed by atoms with van der Waals surface area (Å²) in [6, 6.07) is 7.87. The quantitative estimate of drug-likeness (QED) is 0.352. The molecule has 4 heterocycles. The fourth-order valence-corrected chi connectivity index (χ4v) is 5.42. The summed E-state index contributed by atoms with van der Waals surface area (Å²) in [5.74, 6) is 1.88. The van der Waals surface area contributed by atoms with E-state index in [0.717, 1.165) is 40.7 Å². The monoisotopic (exact) mass is 527 g/mol. The van der Waals surface area contributed by atoms with Crippen molar-refractivity contribution in [2.75, 3.05) is 25.1 Å². The van der Waals surface area contributed by atoms with Crippen LogP contribution in [0.1, 0.15) is 55.7 Å². The highest BCUT2D eigenvalue weighted by molar-refractivity contribution is 5.95. The summed E-state index contributed by atoms with van der Waals surface area (Å²) in [7, 11) is 1.60. The summed E-state index contributed by atoms with van der Waals surface area (Å²) >= 11 is 0. The van der Waals surface area contributed by atoms with E-state index in [1.165, 1.54) is 0 Å². The zero-order chi connectivity index (χ0) is 27.9. The van der Waals surface area contributed by atoms with E-state index >= 15 is 0 Å². The molecule has 39 heavy (non-hydrogen) atoms. The second kappa shape index (κ2) is 10.2. The third-order valence-corrected chi connectivity index (χ3v) is 7.58.